The van der Waals surface area contributed by atoms with Crippen LogP contribution in [0.25, 0.3) is 16.4 Å². The Labute approximate surface area is 205 Å². The van der Waals surface area contributed by atoms with Gasteiger partial charge in [-0.3, -0.25) is 4.98 Å². The fraction of sp³-hybridized carbons (Fsp3) is 0.231. The largest absolute Gasteiger partial charge is 0.470 e. The van der Waals surface area contributed by atoms with Gasteiger partial charge in [0.25, 0.3) is 5.82 Å². The quantitative estimate of drug-likeness (QED) is 0.327. The van der Waals surface area contributed by atoms with Crippen molar-refractivity contribution in [1.29, 1.82) is 0 Å². The van der Waals surface area contributed by atoms with E-state index in [2.05, 4.69) is 51.6 Å². The topological polar surface area (TPSA) is 77.2 Å². The van der Waals surface area contributed by atoms with Crippen molar-refractivity contribution < 1.29 is 17.9 Å². The van der Waals surface area contributed by atoms with Gasteiger partial charge in [-0.1, -0.05) is 48.5 Å². The lowest BCUT2D eigenvalue weighted by atomic mass is 10.0. The maximum absolute atomic E-state index is 13.4. The smallest absolute Gasteiger partial charge is 0.453 e. The summed E-state index contributed by atoms with van der Waals surface area (Å²) in [5.41, 5.74) is 3.90. The fourth-order valence-corrected chi connectivity index (χ4v) is 4.13. The normalized spacial score (nSPS) is 12.8. The van der Waals surface area contributed by atoms with E-state index in [0.717, 1.165) is 5.69 Å². The number of rotatable bonds is 7. The minimum Gasteiger partial charge on any atom is -0.470 e. The third-order valence-electron chi connectivity index (χ3n) is 5.95. The number of aryl methyl sites for hydroxylation is 1. The molecule has 2 aromatic carbocycles. The molecule has 0 fully saturated rings. The summed E-state index contributed by atoms with van der Waals surface area (Å²) in [4.78, 5) is 4.64. The van der Waals surface area contributed by atoms with Gasteiger partial charge in [-0.05, 0) is 43.2 Å². The molecule has 3 aromatic heterocycles. The van der Waals surface area contributed by atoms with Crippen molar-refractivity contribution in [3.8, 4) is 5.88 Å². The Bertz CT molecular complexity index is 1530. The van der Waals surface area contributed by atoms with Crippen molar-refractivity contribution in [1.82, 2.24) is 30.1 Å². The molecule has 36 heavy (non-hydrogen) atoms. The lowest BCUT2D eigenvalue weighted by Crippen LogP contribution is -2.20. The number of fused-ring (bicyclic) bond motifs is 3. The first-order valence-electron chi connectivity index (χ1n) is 11.4. The molecular formula is C26H23F3N6O. The molecule has 0 saturated carbocycles. The van der Waals surface area contributed by atoms with Crippen LogP contribution >= 0.6 is 0 Å². The molecule has 1 atom stereocenters. The van der Waals surface area contributed by atoms with Crippen LogP contribution in [0.2, 0.25) is 0 Å². The monoisotopic (exact) mass is 492 g/mol. The van der Waals surface area contributed by atoms with Crippen molar-refractivity contribution in [2.75, 3.05) is 0 Å². The van der Waals surface area contributed by atoms with Crippen LogP contribution in [-0.2, 0) is 19.3 Å². The molecule has 0 saturated heterocycles. The van der Waals surface area contributed by atoms with E-state index >= 15 is 0 Å². The Morgan fingerprint density at radius 3 is 2.42 bits per heavy atom. The molecule has 0 spiro atoms. The summed E-state index contributed by atoms with van der Waals surface area (Å²) >= 11 is 0. The summed E-state index contributed by atoms with van der Waals surface area (Å²) in [5.74, 6) is -1.16. The average Bonchev–Trinajstić information content (AvgIpc) is 3.31. The second kappa shape index (κ2) is 9.54. The van der Waals surface area contributed by atoms with Gasteiger partial charge in [0.1, 0.15) is 6.61 Å². The van der Waals surface area contributed by atoms with Gasteiger partial charge in [-0.25, -0.2) is 0 Å². The van der Waals surface area contributed by atoms with E-state index in [-0.39, 0.29) is 24.2 Å². The van der Waals surface area contributed by atoms with Gasteiger partial charge < -0.3 is 10.1 Å². The van der Waals surface area contributed by atoms with Gasteiger partial charge in [0.15, 0.2) is 5.65 Å². The standard InChI is InChI=1S/C26H23F3N6O/c1-16-8-3-4-11-20(16)17(2)30-14-18-9-7-10-19(31-18)15-36-24-22-13-6-5-12-21(22)23-32-33-25(26(27,28)29)35(23)34-24/h3-13,17,30H,14-15H2,1-2H3. The molecule has 184 valence electrons. The molecule has 5 rings (SSSR count). The highest BCUT2D eigenvalue weighted by atomic mass is 19.4. The van der Waals surface area contributed by atoms with E-state index in [1.807, 2.05) is 24.3 Å². The molecule has 0 bridgehead atoms. The number of hydrogen-bond acceptors (Lipinski definition) is 6. The number of ether oxygens (including phenoxy) is 1. The van der Waals surface area contributed by atoms with Crippen LogP contribution in [0, 0.1) is 6.92 Å². The molecule has 1 unspecified atom stereocenters. The number of nitrogens with one attached hydrogen (secondary N) is 1. The van der Waals surface area contributed by atoms with E-state index in [4.69, 9.17) is 4.74 Å². The predicted octanol–water partition coefficient (Wildman–Crippen LogP) is 5.43. The highest BCUT2D eigenvalue weighted by Crippen LogP contribution is 2.32. The summed E-state index contributed by atoms with van der Waals surface area (Å²) in [5, 5.41) is 15.6. The van der Waals surface area contributed by atoms with Crippen LogP contribution in [0.4, 0.5) is 13.2 Å². The maximum Gasteiger partial charge on any atom is 0.453 e. The zero-order valence-electron chi connectivity index (χ0n) is 19.6. The summed E-state index contributed by atoms with van der Waals surface area (Å²) in [6.45, 7) is 4.76. The number of pyridine rings is 1. The third-order valence-corrected chi connectivity index (χ3v) is 5.95. The van der Waals surface area contributed by atoms with E-state index in [0.29, 0.717) is 27.5 Å². The van der Waals surface area contributed by atoms with E-state index < -0.39 is 12.0 Å². The van der Waals surface area contributed by atoms with Crippen molar-refractivity contribution in [3.05, 3.63) is 95.1 Å². The zero-order valence-corrected chi connectivity index (χ0v) is 19.6. The van der Waals surface area contributed by atoms with Crippen LogP contribution in [0.3, 0.4) is 0 Å². The molecule has 10 heteroatoms. The van der Waals surface area contributed by atoms with Gasteiger partial charge in [0, 0.05) is 23.4 Å². The highest BCUT2D eigenvalue weighted by molar-refractivity contribution is 5.96. The Morgan fingerprint density at radius 1 is 0.917 bits per heavy atom. The summed E-state index contributed by atoms with van der Waals surface area (Å²) in [6.07, 6.45) is -4.70. The Hall–Kier alpha value is -4.05. The molecule has 0 aliphatic rings. The number of nitrogens with zero attached hydrogens (tertiary/aromatic N) is 5. The van der Waals surface area contributed by atoms with Gasteiger partial charge >= 0.3 is 6.18 Å². The van der Waals surface area contributed by atoms with Crippen molar-refractivity contribution >= 4 is 16.4 Å². The molecule has 0 radical (unpaired) electrons. The average molecular weight is 493 g/mol. The van der Waals surface area contributed by atoms with Gasteiger partial charge in [0.05, 0.1) is 11.4 Å². The van der Waals surface area contributed by atoms with Crippen LogP contribution in [0.1, 0.15) is 41.3 Å². The maximum atomic E-state index is 13.4. The third kappa shape index (κ3) is 4.72. The van der Waals surface area contributed by atoms with Crippen molar-refractivity contribution in [2.45, 2.75) is 39.2 Å². The van der Waals surface area contributed by atoms with Crippen LogP contribution < -0.4 is 10.1 Å². The molecule has 0 amide bonds. The predicted molar refractivity (Wildman–Crippen MR) is 128 cm³/mol. The SMILES string of the molecule is Cc1ccccc1C(C)NCc1cccc(COc2nn3c(C(F)(F)F)nnc3c3ccccc23)n1. The number of hydrogen-bond donors (Lipinski definition) is 1. The molecule has 0 aliphatic heterocycles. The summed E-state index contributed by atoms with van der Waals surface area (Å²) < 4.78 is 46.8. The summed E-state index contributed by atoms with van der Waals surface area (Å²) in [7, 11) is 0. The summed E-state index contributed by atoms with van der Waals surface area (Å²) in [6, 6.07) is 20.8. The van der Waals surface area contributed by atoms with Crippen LogP contribution in [0.5, 0.6) is 5.88 Å². The van der Waals surface area contributed by atoms with Crippen LogP contribution in [-0.4, -0.2) is 24.8 Å². The lowest BCUT2D eigenvalue weighted by Gasteiger charge is -2.16. The molecule has 0 aliphatic carbocycles. The Kier molecular flexibility index (Phi) is 6.27. The van der Waals surface area contributed by atoms with E-state index in [1.165, 1.54) is 11.1 Å². The van der Waals surface area contributed by atoms with Crippen molar-refractivity contribution in [3.63, 3.8) is 0 Å². The second-order valence-electron chi connectivity index (χ2n) is 8.48. The van der Waals surface area contributed by atoms with E-state index in [1.54, 1.807) is 30.3 Å². The van der Waals surface area contributed by atoms with Gasteiger partial charge in [-0.15, -0.1) is 15.3 Å². The van der Waals surface area contributed by atoms with Gasteiger partial charge in [0.2, 0.25) is 5.88 Å². The Balaban J connectivity index is 1.36. The molecule has 7 nitrogen and oxygen atoms in total. The first kappa shape index (κ1) is 23.7. The van der Waals surface area contributed by atoms with Crippen molar-refractivity contribution in [2.24, 2.45) is 0 Å². The molecule has 3 heterocycles. The number of aromatic nitrogens is 5. The zero-order chi connectivity index (χ0) is 25.3. The van der Waals surface area contributed by atoms with Crippen LogP contribution in [0.15, 0.2) is 66.7 Å². The minimum atomic E-state index is -4.70. The molecule has 1 N–H and O–H groups in total. The first-order valence-corrected chi connectivity index (χ1v) is 11.4. The Morgan fingerprint density at radius 2 is 1.64 bits per heavy atom. The second-order valence-corrected chi connectivity index (χ2v) is 8.48. The fourth-order valence-electron chi connectivity index (χ4n) is 4.13. The molecular weight excluding hydrogens is 469 g/mol. The van der Waals surface area contributed by atoms with Gasteiger partial charge in [-0.2, -0.15) is 17.7 Å². The molecule has 5 aromatic rings. The minimum absolute atomic E-state index is 0.0132. The highest BCUT2D eigenvalue weighted by Gasteiger charge is 2.38. The first-order chi connectivity index (χ1) is 17.3. The van der Waals surface area contributed by atoms with E-state index in [9.17, 15) is 13.2 Å². The number of halogens is 3. The lowest BCUT2D eigenvalue weighted by molar-refractivity contribution is -0.146. The number of alkyl halides is 3. The number of benzene rings is 2.